The Labute approximate surface area is 205 Å². The standard InChI is InChI=1S/C25H22N6O3S/c1-16-22(35-25(27-16)17-8-4-3-5-9-17)24(32)26-14-15-34-21-13-12-20-28-29-23(31(20)30-21)18-10-6-7-11-19(18)33-2/h3-13H,14-15H2,1-2H3,(H,26,32). The number of fused-ring (bicyclic) bond motifs is 1. The fourth-order valence-corrected chi connectivity index (χ4v) is 4.55. The smallest absolute Gasteiger partial charge is 0.263 e. The summed E-state index contributed by atoms with van der Waals surface area (Å²) in [5, 5.41) is 16.6. The summed E-state index contributed by atoms with van der Waals surface area (Å²) in [6, 6.07) is 20.8. The first-order valence-corrected chi connectivity index (χ1v) is 11.8. The molecule has 0 aliphatic heterocycles. The van der Waals surface area contributed by atoms with Crippen LogP contribution in [0.2, 0.25) is 0 Å². The molecule has 0 fully saturated rings. The van der Waals surface area contributed by atoms with E-state index in [4.69, 9.17) is 9.47 Å². The molecule has 1 N–H and O–H groups in total. The molecule has 10 heteroatoms. The van der Waals surface area contributed by atoms with Crippen molar-refractivity contribution in [1.82, 2.24) is 30.1 Å². The molecular weight excluding hydrogens is 464 g/mol. The van der Waals surface area contributed by atoms with Gasteiger partial charge in [-0.1, -0.05) is 42.5 Å². The Hall–Kier alpha value is -4.31. The van der Waals surface area contributed by atoms with Crippen LogP contribution in [0.3, 0.4) is 0 Å². The van der Waals surface area contributed by atoms with Gasteiger partial charge in [0.1, 0.15) is 22.2 Å². The van der Waals surface area contributed by atoms with Crippen LogP contribution in [0.4, 0.5) is 0 Å². The minimum atomic E-state index is -0.175. The summed E-state index contributed by atoms with van der Waals surface area (Å²) in [6.45, 7) is 2.41. The second-order valence-corrected chi connectivity index (χ2v) is 8.57. The van der Waals surface area contributed by atoms with Gasteiger partial charge in [-0.3, -0.25) is 4.79 Å². The van der Waals surface area contributed by atoms with E-state index in [2.05, 4.69) is 25.6 Å². The summed E-state index contributed by atoms with van der Waals surface area (Å²) in [7, 11) is 1.61. The van der Waals surface area contributed by atoms with Gasteiger partial charge in [0, 0.05) is 11.6 Å². The molecule has 0 saturated carbocycles. The quantitative estimate of drug-likeness (QED) is 0.330. The third-order valence-corrected chi connectivity index (χ3v) is 6.45. The van der Waals surface area contributed by atoms with Crippen LogP contribution in [0.25, 0.3) is 27.6 Å². The van der Waals surface area contributed by atoms with Crippen LogP contribution in [-0.2, 0) is 0 Å². The van der Waals surface area contributed by atoms with Gasteiger partial charge < -0.3 is 14.8 Å². The van der Waals surface area contributed by atoms with Crippen LogP contribution in [0.15, 0.2) is 66.7 Å². The third kappa shape index (κ3) is 4.69. The lowest BCUT2D eigenvalue weighted by Crippen LogP contribution is -2.28. The van der Waals surface area contributed by atoms with E-state index >= 15 is 0 Å². The van der Waals surface area contributed by atoms with Gasteiger partial charge in [-0.2, -0.15) is 4.52 Å². The van der Waals surface area contributed by atoms with E-state index in [9.17, 15) is 4.79 Å². The summed E-state index contributed by atoms with van der Waals surface area (Å²) >= 11 is 1.38. The predicted octanol–water partition coefficient (Wildman–Crippen LogP) is 4.04. The van der Waals surface area contributed by atoms with Gasteiger partial charge in [0.05, 0.1) is 24.9 Å². The van der Waals surface area contributed by atoms with Crippen molar-refractivity contribution in [1.29, 1.82) is 0 Å². The second-order valence-electron chi connectivity index (χ2n) is 7.57. The summed E-state index contributed by atoms with van der Waals surface area (Å²) in [6.07, 6.45) is 0. The first-order valence-electron chi connectivity index (χ1n) is 10.9. The highest BCUT2D eigenvalue weighted by Gasteiger charge is 2.17. The number of amides is 1. The Kier molecular flexibility index (Phi) is 6.36. The third-order valence-electron chi connectivity index (χ3n) is 5.25. The largest absolute Gasteiger partial charge is 0.496 e. The van der Waals surface area contributed by atoms with Crippen LogP contribution in [-0.4, -0.2) is 51.0 Å². The number of nitrogens with one attached hydrogen (secondary N) is 1. The van der Waals surface area contributed by atoms with Crippen molar-refractivity contribution in [3.05, 3.63) is 77.3 Å². The Balaban J connectivity index is 1.23. The molecule has 0 bridgehead atoms. The lowest BCUT2D eigenvalue weighted by Gasteiger charge is -2.08. The molecule has 0 aliphatic rings. The van der Waals surface area contributed by atoms with E-state index < -0.39 is 0 Å². The van der Waals surface area contributed by atoms with Gasteiger partial charge in [0.15, 0.2) is 11.5 Å². The molecule has 1 amide bonds. The van der Waals surface area contributed by atoms with Crippen LogP contribution in [0.1, 0.15) is 15.4 Å². The van der Waals surface area contributed by atoms with Crippen LogP contribution in [0.5, 0.6) is 11.6 Å². The maximum atomic E-state index is 12.7. The molecule has 0 atom stereocenters. The minimum absolute atomic E-state index is 0.175. The number of carbonyl (C=O) groups excluding carboxylic acids is 1. The Morgan fingerprint density at radius 2 is 1.83 bits per heavy atom. The van der Waals surface area contributed by atoms with E-state index in [1.807, 2.05) is 61.5 Å². The van der Waals surface area contributed by atoms with Gasteiger partial charge in [-0.15, -0.1) is 26.6 Å². The van der Waals surface area contributed by atoms with E-state index in [0.717, 1.165) is 16.1 Å². The number of benzene rings is 2. The van der Waals surface area contributed by atoms with Crippen molar-refractivity contribution in [2.24, 2.45) is 0 Å². The number of hydrogen-bond donors (Lipinski definition) is 1. The van der Waals surface area contributed by atoms with Crippen molar-refractivity contribution in [3.8, 4) is 33.6 Å². The molecule has 0 spiro atoms. The number of ether oxygens (including phenoxy) is 2. The zero-order valence-corrected chi connectivity index (χ0v) is 20.0. The van der Waals surface area contributed by atoms with Crippen LogP contribution < -0.4 is 14.8 Å². The number of rotatable bonds is 8. The maximum absolute atomic E-state index is 12.7. The lowest BCUT2D eigenvalue weighted by molar-refractivity contribution is 0.0949. The van der Waals surface area contributed by atoms with Gasteiger partial charge in [0.25, 0.3) is 5.91 Å². The molecule has 35 heavy (non-hydrogen) atoms. The summed E-state index contributed by atoms with van der Waals surface area (Å²) in [5.74, 6) is 1.44. The molecule has 9 nitrogen and oxygen atoms in total. The summed E-state index contributed by atoms with van der Waals surface area (Å²) < 4.78 is 12.8. The fourth-order valence-electron chi connectivity index (χ4n) is 3.56. The molecular formula is C25H22N6O3S. The monoisotopic (exact) mass is 486 g/mol. The minimum Gasteiger partial charge on any atom is -0.496 e. The molecule has 5 rings (SSSR count). The Morgan fingerprint density at radius 1 is 1.03 bits per heavy atom. The van der Waals surface area contributed by atoms with Crippen molar-refractivity contribution in [3.63, 3.8) is 0 Å². The highest BCUT2D eigenvalue weighted by atomic mass is 32.1. The predicted molar refractivity (Wildman–Crippen MR) is 133 cm³/mol. The second kappa shape index (κ2) is 9.90. The fraction of sp³-hybridized carbons (Fsp3) is 0.160. The van der Waals surface area contributed by atoms with Gasteiger partial charge in [-0.05, 0) is 25.1 Å². The molecule has 0 unspecified atom stereocenters. The van der Waals surface area contributed by atoms with Crippen molar-refractivity contribution >= 4 is 22.9 Å². The summed E-state index contributed by atoms with van der Waals surface area (Å²) in [5.41, 5.74) is 3.05. The molecule has 3 heterocycles. The van der Waals surface area contributed by atoms with Gasteiger partial charge in [0.2, 0.25) is 5.88 Å². The van der Waals surface area contributed by atoms with E-state index in [0.29, 0.717) is 40.2 Å². The van der Waals surface area contributed by atoms with E-state index in [1.54, 1.807) is 23.8 Å². The number of aromatic nitrogens is 5. The number of thiazole rings is 1. The molecule has 5 aromatic rings. The number of para-hydroxylation sites is 1. The molecule has 3 aromatic heterocycles. The number of aryl methyl sites for hydroxylation is 1. The Bertz CT molecular complexity index is 1480. The SMILES string of the molecule is COc1ccccc1-c1nnc2ccc(OCCNC(=O)c3sc(-c4ccccc4)nc3C)nn12. The van der Waals surface area contributed by atoms with Gasteiger partial charge in [-0.25, -0.2) is 4.98 Å². The van der Waals surface area contributed by atoms with Crippen molar-refractivity contribution < 1.29 is 14.3 Å². The lowest BCUT2D eigenvalue weighted by atomic mass is 10.2. The van der Waals surface area contributed by atoms with E-state index in [-0.39, 0.29) is 12.5 Å². The molecule has 0 saturated heterocycles. The number of nitrogens with zero attached hydrogens (tertiary/aromatic N) is 5. The highest BCUT2D eigenvalue weighted by Crippen LogP contribution is 2.29. The number of methoxy groups -OCH3 is 1. The van der Waals surface area contributed by atoms with Gasteiger partial charge >= 0.3 is 0 Å². The topological polar surface area (TPSA) is 104 Å². The Morgan fingerprint density at radius 3 is 2.66 bits per heavy atom. The zero-order valence-electron chi connectivity index (χ0n) is 19.1. The van der Waals surface area contributed by atoms with Crippen LogP contribution >= 0.6 is 11.3 Å². The first-order chi connectivity index (χ1) is 17.1. The van der Waals surface area contributed by atoms with Crippen molar-refractivity contribution in [2.45, 2.75) is 6.92 Å². The average Bonchev–Trinajstić information content (AvgIpc) is 3.50. The molecule has 0 aliphatic carbocycles. The van der Waals surface area contributed by atoms with Crippen molar-refractivity contribution in [2.75, 3.05) is 20.3 Å². The zero-order chi connectivity index (χ0) is 24.2. The molecule has 2 aromatic carbocycles. The summed E-state index contributed by atoms with van der Waals surface area (Å²) in [4.78, 5) is 17.8. The van der Waals surface area contributed by atoms with E-state index in [1.165, 1.54) is 11.3 Å². The average molecular weight is 487 g/mol. The molecule has 0 radical (unpaired) electrons. The maximum Gasteiger partial charge on any atom is 0.263 e. The highest BCUT2D eigenvalue weighted by molar-refractivity contribution is 7.17. The first kappa shape index (κ1) is 22.5. The molecule has 176 valence electrons. The number of carbonyl (C=O) groups is 1. The normalized spacial score (nSPS) is 10.9. The van der Waals surface area contributed by atoms with Crippen LogP contribution in [0, 0.1) is 6.92 Å². The number of hydrogen-bond acceptors (Lipinski definition) is 8.